The van der Waals surface area contributed by atoms with Gasteiger partial charge in [-0.05, 0) is 42.3 Å². The van der Waals surface area contributed by atoms with Crippen LogP contribution < -0.4 is 4.74 Å². The van der Waals surface area contributed by atoms with Crippen molar-refractivity contribution in [1.29, 1.82) is 0 Å². The van der Waals surface area contributed by atoms with Gasteiger partial charge in [0.15, 0.2) is 0 Å². The van der Waals surface area contributed by atoms with Crippen LogP contribution >= 0.6 is 0 Å². The van der Waals surface area contributed by atoms with Gasteiger partial charge in [0.1, 0.15) is 11.5 Å². The van der Waals surface area contributed by atoms with Crippen LogP contribution in [0.25, 0.3) is 5.76 Å². The number of aryl methyl sites for hydroxylation is 1. The first-order valence-corrected chi connectivity index (χ1v) is 9.88. The molecule has 158 valence electrons. The van der Waals surface area contributed by atoms with E-state index in [2.05, 4.69) is 9.97 Å². The minimum Gasteiger partial charge on any atom is -0.507 e. The number of ether oxygens (including phenoxy) is 1. The number of aliphatic hydroxyl groups is 1. The van der Waals surface area contributed by atoms with Gasteiger partial charge in [-0.3, -0.25) is 14.6 Å². The zero-order valence-electron chi connectivity index (χ0n) is 17.0. The van der Waals surface area contributed by atoms with Gasteiger partial charge >= 0.3 is 0 Å². The van der Waals surface area contributed by atoms with Crippen molar-refractivity contribution in [3.8, 4) is 5.75 Å². The molecule has 1 atom stereocenters. The number of benzene rings is 1. The molecule has 1 saturated heterocycles. The summed E-state index contributed by atoms with van der Waals surface area (Å²) in [6, 6.07) is 9.52. The molecule has 1 aromatic carbocycles. The number of imidazole rings is 1. The zero-order valence-corrected chi connectivity index (χ0v) is 17.0. The molecule has 1 amide bonds. The minimum absolute atomic E-state index is 0.0609. The number of aromatic nitrogens is 3. The predicted molar refractivity (Wildman–Crippen MR) is 113 cm³/mol. The van der Waals surface area contributed by atoms with Crippen molar-refractivity contribution in [2.45, 2.75) is 19.0 Å². The number of rotatable bonds is 7. The fourth-order valence-electron chi connectivity index (χ4n) is 3.74. The molecule has 0 aliphatic carbocycles. The Morgan fingerprint density at radius 3 is 2.55 bits per heavy atom. The van der Waals surface area contributed by atoms with Crippen molar-refractivity contribution in [2.75, 3.05) is 13.7 Å². The number of hydrogen-bond acceptors (Lipinski definition) is 6. The predicted octanol–water partition coefficient (Wildman–Crippen LogP) is 2.80. The molecule has 8 nitrogen and oxygen atoms in total. The second kappa shape index (κ2) is 8.83. The molecule has 0 saturated carbocycles. The highest BCUT2D eigenvalue weighted by Crippen LogP contribution is 2.39. The smallest absolute Gasteiger partial charge is 0.295 e. The molecule has 3 heterocycles. The number of Topliss-reactive ketones (excluding diaryl/α,β-unsaturated/α-hetero) is 1. The van der Waals surface area contributed by atoms with Crippen LogP contribution in [0.3, 0.4) is 0 Å². The molecule has 1 unspecified atom stereocenters. The average molecular weight is 418 g/mol. The number of amides is 1. The Morgan fingerprint density at radius 2 is 1.90 bits per heavy atom. The largest absolute Gasteiger partial charge is 0.507 e. The van der Waals surface area contributed by atoms with Gasteiger partial charge in [-0.1, -0.05) is 6.07 Å². The third-order valence-electron chi connectivity index (χ3n) is 5.28. The molecule has 1 aliphatic heterocycles. The lowest BCUT2D eigenvalue weighted by Crippen LogP contribution is -2.31. The number of pyridine rings is 1. The van der Waals surface area contributed by atoms with Crippen molar-refractivity contribution in [3.63, 3.8) is 0 Å². The number of likely N-dealkylation sites (tertiary alicyclic amines) is 1. The van der Waals surface area contributed by atoms with Crippen molar-refractivity contribution < 1.29 is 19.4 Å². The van der Waals surface area contributed by atoms with Gasteiger partial charge in [0.2, 0.25) is 0 Å². The van der Waals surface area contributed by atoms with Gasteiger partial charge in [0.25, 0.3) is 11.7 Å². The molecule has 1 fully saturated rings. The van der Waals surface area contributed by atoms with Crippen molar-refractivity contribution in [3.05, 3.63) is 84.2 Å². The van der Waals surface area contributed by atoms with Crippen molar-refractivity contribution in [1.82, 2.24) is 19.4 Å². The number of carbonyl (C=O) groups excluding carboxylic acids is 2. The van der Waals surface area contributed by atoms with Crippen LogP contribution in [-0.4, -0.2) is 49.9 Å². The first-order valence-electron chi connectivity index (χ1n) is 9.88. The van der Waals surface area contributed by atoms with Gasteiger partial charge in [0.05, 0.1) is 25.1 Å². The molecule has 0 bridgehead atoms. The average Bonchev–Trinajstić information content (AvgIpc) is 3.41. The Bertz CT molecular complexity index is 1090. The first-order chi connectivity index (χ1) is 15.1. The molecule has 4 rings (SSSR count). The monoisotopic (exact) mass is 418 g/mol. The van der Waals surface area contributed by atoms with Crippen LogP contribution in [0.5, 0.6) is 5.75 Å². The van der Waals surface area contributed by atoms with Gasteiger partial charge in [0, 0.05) is 43.4 Å². The summed E-state index contributed by atoms with van der Waals surface area (Å²) in [6.45, 7) is 1.00. The summed E-state index contributed by atoms with van der Waals surface area (Å²) in [6.07, 6.45) is 9.10. The van der Waals surface area contributed by atoms with Crippen molar-refractivity contribution >= 4 is 17.4 Å². The normalized spacial score (nSPS) is 17.8. The van der Waals surface area contributed by atoms with E-state index in [1.165, 1.54) is 4.90 Å². The van der Waals surface area contributed by atoms with E-state index >= 15 is 0 Å². The summed E-state index contributed by atoms with van der Waals surface area (Å²) in [5.74, 6) is -0.924. The maximum atomic E-state index is 13.0. The van der Waals surface area contributed by atoms with Crippen LogP contribution in [0.15, 0.2) is 73.1 Å². The number of methoxy groups -OCH3 is 1. The number of ketones is 1. The third-order valence-corrected chi connectivity index (χ3v) is 5.28. The summed E-state index contributed by atoms with van der Waals surface area (Å²) < 4.78 is 7.06. The molecular formula is C23H22N4O4. The lowest BCUT2D eigenvalue weighted by Gasteiger charge is -2.25. The quantitative estimate of drug-likeness (QED) is 0.360. The van der Waals surface area contributed by atoms with E-state index < -0.39 is 17.7 Å². The van der Waals surface area contributed by atoms with E-state index in [0.717, 1.165) is 0 Å². The van der Waals surface area contributed by atoms with Gasteiger partial charge < -0.3 is 19.3 Å². The highest BCUT2D eigenvalue weighted by Gasteiger charge is 2.45. The van der Waals surface area contributed by atoms with Crippen LogP contribution in [0.2, 0.25) is 0 Å². The van der Waals surface area contributed by atoms with E-state index in [1.54, 1.807) is 68.4 Å². The Kier molecular flexibility index (Phi) is 5.79. The summed E-state index contributed by atoms with van der Waals surface area (Å²) >= 11 is 0. The second-order valence-electron chi connectivity index (χ2n) is 7.16. The van der Waals surface area contributed by atoms with Gasteiger partial charge in [-0.2, -0.15) is 0 Å². The van der Waals surface area contributed by atoms with Gasteiger partial charge in [-0.25, -0.2) is 4.98 Å². The molecule has 31 heavy (non-hydrogen) atoms. The van der Waals surface area contributed by atoms with E-state index in [1.807, 2.05) is 10.8 Å². The Labute approximate surface area is 179 Å². The highest BCUT2D eigenvalue weighted by atomic mass is 16.5. The van der Waals surface area contributed by atoms with E-state index in [9.17, 15) is 14.7 Å². The number of nitrogens with zero attached hydrogens (tertiary/aromatic N) is 4. The standard InChI is InChI=1S/C23H22N4O4/c1-31-18-7-5-16(6-8-18)21(28)19-20(17-4-2-9-24-14-17)27(23(30)22(19)29)12-3-11-26-13-10-25-15-26/h2,4-10,13-15,20,28H,3,11-12H2,1H3/b21-19+. The Hall–Kier alpha value is -3.94. The lowest BCUT2D eigenvalue weighted by atomic mass is 9.96. The first kappa shape index (κ1) is 20.3. The van der Waals surface area contributed by atoms with Crippen LogP contribution in [0.4, 0.5) is 0 Å². The highest BCUT2D eigenvalue weighted by molar-refractivity contribution is 6.46. The number of carbonyl (C=O) groups is 2. The summed E-state index contributed by atoms with van der Waals surface area (Å²) in [4.78, 5) is 35.5. The van der Waals surface area contributed by atoms with Crippen LogP contribution in [-0.2, 0) is 16.1 Å². The Morgan fingerprint density at radius 1 is 1.10 bits per heavy atom. The van der Waals surface area contributed by atoms with E-state index in [0.29, 0.717) is 36.4 Å². The fraction of sp³-hybridized carbons (Fsp3) is 0.217. The molecule has 0 spiro atoms. The number of hydrogen-bond donors (Lipinski definition) is 1. The summed E-state index contributed by atoms with van der Waals surface area (Å²) in [7, 11) is 1.55. The van der Waals surface area contributed by atoms with E-state index in [-0.39, 0.29) is 11.3 Å². The molecular weight excluding hydrogens is 396 g/mol. The topological polar surface area (TPSA) is 97.6 Å². The zero-order chi connectivity index (χ0) is 21.8. The van der Waals surface area contributed by atoms with Crippen molar-refractivity contribution in [2.24, 2.45) is 0 Å². The lowest BCUT2D eigenvalue weighted by molar-refractivity contribution is -0.139. The third kappa shape index (κ3) is 4.05. The molecule has 2 aromatic heterocycles. The molecule has 8 heteroatoms. The maximum absolute atomic E-state index is 13.0. The summed E-state index contributed by atoms with van der Waals surface area (Å²) in [5, 5.41) is 11.0. The number of aliphatic hydroxyl groups excluding tert-OH is 1. The Balaban J connectivity index is 1.70. The minimum atomic E-state index is -0.710. The molecule has 0 radical (unpaired) electrons. The molecule has 1 aliphatic rings. The molecule has 3 aromatic rings. The van der Waals surface area contributed by atoms with Crippen LogP contribution in [0.1, 0.15) is 23.6 Å². The van der Waals surface area contributed by atoms with Crippen LogP contribution in [0, 0.1) is 0 Å². The second-order valence-corrected chi connectivity index (χ2v) is 7.16. The SMILES string of the molecule is COc1ccc(/C(O)=C2\C(=O)C(=O)N(CCCn3ccnc3)C2c2cccnc2)cc1. The maximum Gasteiger partial charge on any atom is 0.295 e. The van der Waals surface area contributed by atoms with Gasteiger partial charge in [-0.15, -0.1) is 0 Å². The fourth-order valence-corrected chi connectivity index (χ4v) is 3.74. The summed E-state index contributed by atoms with van der Waals surface area (Å²) in [5.41, 5.74) is 1.16. The van der Waals surface area contributed by atoms with E-state index in [4.69, 9.17) is 4.74 Å². The molecule has 1 N–H and O–H groups in total.